The molecule has 0 spiro atoms. The van der Waals surface area contributed by atoms with Crippen LogP contribution in [0.3, 0.4) is 0 Å². The highest BCUT2D eigenvalue weighted by molar-refractivity contribution is 5.78. The van der Waals surface area contributed by atoms with E-state index in [0.717, 1.165) is 19.4 Å². The molecule has 1 heterocycles. The minimum absolute atomic E-state index is 0.0103. The van der Waals surface area contributed by atoms with Crippen LogP contribution in [-0.4, -0.2) is 37.5 Å². The molecule has 2 amide bonds. The average Bonchev–Trinajstić information content (AvgIpc) is 2.44. The Hall–Kier alpha value is -1.10. The molecule has 1 atom stereocenters. The van der Waals surface area contributed by atoms with Gasteiger partial charge in [0.05, 0.1) is 0 Å². The fraction of sp³-hybridized carbons (Fsp3) is 0.857. The van der Waals surface area contributed by atoms with E-state index in [1.54, 1.807) is 0 Å². The van der Waals surface area contributed by atoms with Crippen molar-refractivity contribution in [3.05, 3.63) is 0 Å². The zero-order valence-electron chi connectivity index (χ0n) is 12.0. The molecule has 1 saturated heterocycles. The SMILES string of the molecule is CCCNC(=O)CCNC(=O)CCC1CCCCN1. The third-order valence-electron chi connectivity index (χ3n) is 3.38. The van der Waals surface area contributed by atoms with E-state index in [2.05, 4.69) is 16.0 Å². The van der Waals surface area contributed by atoms with E-state index < -0.39 is 0 Å². The van der Waals surface area contributed by atoms with Crippen molar-refractivity contribution < 1.29 is 9.59 Å². The maximum absolute atomic E-state index is 11.6. The number of carbonyl (C=O) groups is 2. The van der Waals surface area contributed by atoms with Gasteiger partial charge >= 0.3 is 0 Å². The second-order valence-corrected chi connectivity index (χ2v) is 5.14. The molecule has 0 aromatic rings. The zero-order valence-corrected chi connectivity index (χ0v) is 12.0. The third-order valence-corrected chi connectivity index (χ3v) is 3.38. The second-order valence-electron chi connectivity index (χ2n) is 5.14. The first-order valence-electron chi connectivity index (χ1n) is 7.49. The van der Waals surface area contributed by atoms with Crippen molar-refractivity contribution in [2.24, 2.45) is 0 Å². The quantitative estimate of drug-likeness (QED) is 0.614. The van der Waals surface area contributed by atoms with Crippen molar-refractivity contribution in [1.82, 2.24) is 16.0 Å². The highest BCUT2D eigenvalue weighted by atomic mass is 16.2. The number of piperidine rings is 1. The molecule has 19 heavy (non-hydrogen) atoms. The molecule has 0 bridgehead atoms. The first-order valence-corrected chi connectivity index (χ1v) is 7.49. The van der Waals surface area contributed by atoms with Gasteiger partial charge in [-0.1, -0.05) is 13.3 Å². The first-order chi connectivity index (χ1) is 9.22. The molecule has 1 fully saturated rings. The Morgan fingerprint density at radius 3 is 2.53 bits per heavy atom. The summed E-state index contributed by atoms with van der Waals surface area (Å²) < 4.78 is 0. The minimum Gasteiger partial charge on any atom is -0.356 e. The molecule has 1 rings (SSSR count). The molecule has 0 radical (unpaired) electrons. The summed E-state index contributed by atoms with van der Waals surface area (Å²) in [5.74, 6) is 0.0618. The lowest BCUT2D eigenvalue weighted by Crippen LogP contribution is -2.36. The molecule has 0 aliphatic carbocycles. The van der Waals surface area contributed by atoms with Crippen molar-refractivity contribution in [3.8, 4) is 0 Å². The van der Waals surface area contributed by atoms with Crippen molar-refractivity contribution >= 4 is 11.8 Å². The van der Waals surface area contributed by atoms with Gasteiger partial charge in [0.1, 0.15) is 0 Å². The maximum atomic E-state index is 11.6. The summed E-state index contributed by atoms with van der Waals surface area (Å²) in [7, 11) is 0. The van der Waals surface area contributed by atoms with E-state index in [-0.39, 0.29) is 11.8 Å². The smallest absolute Gasteiger partial charge is 0.221 e. The number of rotatable bonds is 8. The Balaban J connectivity index is 1.99. The Bertz CT molecular complexity index is 276. The number of hydrogen-bond donors (Lipinski definition) is 3. The van der Waals surface area contributed by atoms with Crippen molar-refractivity contribution in [1.29, 1.82) is 0 Å². The molecular weight excluding hydrogens is 242 g/mol. The van der Waals surface area contributed by atoms with E-state index >= 15 is 0 Å². The van der Waals surface area contributed by atoms with Crippen LogP contribution in [0.2, 0.25) is 0 Å². The highest BCUT2D eigenvalue weighted by Gasteiger charge is 2.13. The predicted molar refractivity (Wildman–Crippen MR) is 75.8 cm³/mol. The Kier molecular flexibility index (Phi) is 8.21. The predicted octanol–water partition coefficient (Wildman–Crippen LogP) is 0.941. The number of amides is 2. The Labute approximate surface area is 115 Å². The molecule has 1 unspecified atom stereocenters. The molecular formula is C14H27N3O2. The number of hydrogen-bond acceptors (Lipinski definition) is 3. The number of carbonyl (C=O) groups excluding carboxylic acids is 2. The maximum Gasteiger partial charge on any atom is 0.221 e. The summed E-state index contributed by atoms with van der Waals surface area (Å²) in [6, 6.07) is 0.493. The third kappa shape index (κ3) is 7.82. The summed E-state index contributed by atoms with van der Waals surface area (Å²) >= 11 is 0. The van der Waals surface area contributed by atoms with E-state index in [0.29, 0.717) is 32.0 Å². The average molecular weight is 269 g/mol. The monoisotopic (exact) mass is 269 g/mol. The largest absolute Gasteiger partial charge is 0.356 e. The van der Waals surface area contributed by atoms with Crippen LogP contribution in [0.1, 0.15) is 51.9 Å². The molecule has 110 valence electrons. The van der Waals surface area contributed by atoms with Gasteiger partial charge in [-0.3, -0.25) is 9.59 Å². The fourth-order valence-corrected chi connectivity index (χ4v) is 2.23. The molecule has 0 aromatic heterocycles. The summed E-state index contributed by atoms with van der Waals surface area (Å²) in [5.41, 5.74) is 0. The van der Waals surface area contributed by atoms with Gasteiger partial charge in [-0.05, 0) is 32.2 Å². The van der Waals surface area contributed by atoms with Crippen molar-refractivity contribution in [3.63, 3.8) is 0 Å². The Morgan fingerprint density at radius 1 is 1.11 bits per heavy atom. The van der Waals surface area contributed by atoms with Gasteiger partial charge in [0.2, 0.25) is 11.8 Å². The van der Waals surface area contributed by atoms with Crippen LogP contribution >= 0.6 is 0 Å². The van der Waals surface area contributed by atoms with Gasteiger partial charge in [0.15, 0.2) is 0 Å². The zero-order chi connectivity index (χ0) is 13.9. The minimum atomic E-state index is 0.0103. The Morgan fingerprint density at radius 2 is 1.84 bits per heavy atom. The van der Waals surface area contributed by atoms with Gasteiger partial charge < -0.3 is 16.0 Å². The van der Waals surface area contributed by atoms with Gasteiger partial charge in [-0.15, -0.1) is 0 Å². The molecule has 5 heteroatoms. The van der Waals surface area contributed by atoms with Crippen molar-refractivity contribution in [2.75, 3.05) is 19.6 Å². The van der Waals surface area contributed by atoms with Gasteiger partial charge in [-0.2, -0.15) is 0 Å². The summed E-state index contributed by atoms with van der Waals surface area (Å²) in [4.78, 5) is 22.9. The van der Waals surface area contributed by atoms with Crippen LogP contribution in [-0.2, 0) is 9.59 Å². The first kappa shape index (κ1) is 16.0. The fourth-order valence-electron chi connectivity index (χ4n) is 2.23. The van der Waals surface area contributed by atoms with Crippen LogP contribution in [0, 0.1) is 0 Å². The van der Waals surface area contributed by atoms with E-state index in [1.165, 1.54) is 19.3 Å². The molecule has 3 N–H and O–H groups in total. The molecule has 5 nitrogen and oxygen atoms in total. The van der Waals surface area contributed by atoms with Crippen LogP contribution in [0.4, 0.5) is 0 Å². The summed E-state index contributed by atoms with van der Waals surface area (Å²) in [5, 5.41) is 9.02. The van der Waals surface area contributed by atoms with E-state index in [9.17, 15) is 9.59 Å². The summed E-state index contributed by atoms with van der Waals surface area (Å²) in [6.45, 7) is 4.23. The molecule has 0 saturated carbocycles. The second kappa shape index (κ2) is 9.78. The standard InChI is InChI=1S/C14H27N3O2/c1-2-9-16-14(19)8-11-17-13(18)7-6-12-5-3-4-10-15-12/h12,15H,2-11H2,1H3,(H,16,19)(H,17,18). The topological polar surface area (TPSA) is 70.2 Å². The highest BCUT2D eigenvalue weighted by Crippen LogP contribution is 2.11. The van der Waals surface area contributed by atoms with Gasteiger partial charge in [0.25, 0.3) is 0 Å². The lowest BCUT2D eigenvalue weighted by Gasteiger charge is -2.23. The molecule has 0 aromatic carbocycles. The van der Waals surface area contributed by atoms with Crippen LogP contribution < -0.4 is 16.0 Å². The lowest BCUT2D eigenvalue weighted by molar-refractivity contribution is -0.122. The number of nitrogens with one attached hydrogen (secondary N) is 3. The van der Waals surface area contributed by atoms with Crippen LogP contribution in [0.5, 0.6) is 0 Å². The molecule has 1 aliphatic heterocycles. The summed E-state index contributed by atoms with van der Waals surface area (Å²) in [6.07, 6.45) is 6.43. The van der Waals surface area contributed by atoms with Gasteiger partial charge in [0, 0.05) is 32.0 Å². The van der Waals surface area contributed by atoms with Crippen molar-refractivity contribution in [2.45, 2.75) is 57.9 Å². The van der Waals surface area contributed by atoms with E-state index in [4.69, 9.17) is 0 Å². The van der Waals surface area contributed by atoms with Crippen LogP contribution in [0.25, 0.3) is 0 Å². The molecule has 1 aliphatic rings. The lowest BCUT2D eigenvalue weighted by atomic mass is 10.0. The van der Waals surface area contributed by atoms with Crippen LogP contribution in [0.15, 0.2) is 0 Å². The van der Waals surface area contributed by atoms with E-state index in [1.807, 2.05) is 6.92 Å². The van der Waals surface area contributed by atoms with Gasteiger partial charge in [-0.25, -0.2) is 0 Å². The normalized spacial score (nSPS) is 18.9.